The summed E-state index contributed by atoms with van der Waals surface area (Å²) in [5.41, 5.74) is 0.00177. The number of nitrogens with one attached hydrogen (secondary N) is 1. The van der Waals surface area contributed by atoms with Crippen LogP contribution in [-0.4, -0.2) is 33.7 Å². The van der Waals surface area contributed by atoms with Gasteiger partial charge in [-0.25, -0.2) is 12.8 Å². The van der Waals surface area contributed by atoms with Crippen LogP contribution in [0.3, 0.4) is 0 Å². The summed E-state index contributed by atoms with van der Waals surface area (Å²) in [5, 5.41) is 2.78. The summed E-state index contributed by atoms with van der Waals surface area (Å²) >= 11 is 0. The van der Waals surface area contributed by atoms with Gasteiger partial charge in [0, 0.05) is 12.5 Å². The van der Waals surface area contributed by atoms with Crippen molar-refractivity contribution in [3.63, 3.8) is 0 Å². The fourth-order valence-electron chi connectivity index (χ4n) is 2.91. The van der Waals surface area contributed by atoms with Gasteiger partial charge in [-0.15, -0.1) is 0 Å². The molecule has 1 aliphatic rings. The molecule has 23 heavy (non-hydrogen) atoms. The maximum Gasteiger partial charge on any atom is 0.232 e. The largest absolute Gasteiger partial charge is 0.354 e. The molecular formula is C16H23FN2O3S. The first kappa shape index (κ1) is 17.7. The highest BCUT2D eigenvalue weighted by atomic mass is 32.2. The molecule has 5 nitrogen and oxygen atoms in total. The number of hydrogen-bond acceptors (Lipinski definition) is 3. The molecule has 0 atom stereocenters. The Bertz CT molecular complexity index is 642. The van der Waals surface area contributed by atoms with Gasteiger partial charge in [0.1, 0.15) is 5.82 Å². The molecule has 7 heteroatoms. The molecule has 1 saturated carbocycles. The monoisotopic (exact) mass is 342 g/mol. The van der Waals surface area contributed by atoms with Crippen LogP contribution in [-0.2, 0) is 14.8 Å². The first-order valence-electron chi connectivity index (χ1n) is 7.89. The molecule has 0 aromatic heterocycles. The van der Waals surface area contributed by atoms with Crippen LogP contribution in [0, 0.1) is 11.7 Å². The minimum Gasteiger partial charge on any atom is -0.354 e. The summed E-state index contributed by atoms with van der Waals surface area (Å²) < 4.78 is 38.7. The van der Waals surface area contributed by atoms with Crippen LogP contribution < -0.4 is 9.62 Å². The highest BCUT2D eigenvalue weighted by Gasteiger charge is 2.23. The molecular weight excluding hydrogens is 319 g/mol. The first-order chi connectivity index (χ1) is 10.9. The molecule has 0 radical (unpaired) electrons. The van der Waals surface area contributed by atoms with Gasteiger partial charge >= 0.3 is 0 Å². The molecule has 2 rings (SSSR count). The molecule has 1 aromatic carbocycles. The standard InChI is InChI=1S/C16H23FN2O3S/c1-23(21,22)19(15-10-6-5-9-14(15)17)12-11-18-16(20)13-7-3-2-4-8-13/h5-6,9-10,13H,2-4,7-8,11-12H2,1H3,(H,18,20). The van der Waals surface area contributed by atoms with Gasteiger partial charge in [0.2, 0.25) is 15.9 Å². The lowest BCUT2D eigenvalue weighted by molar-refractivity contribution is -0.125. The summed E-state index contributed by atoms with van der Waals surface area (Å²) in [6, 6.07) is 5.72. The summed E-state index contributed by atoms with van der Waals surface area (Å²) in [5.74, 6) is -0.618. The van der Waals surface area contributed by atoms with Crippen molar-refractivity contribution in [2.24, 2.45) is 5.92 Å². The van der Waals surface area contributed by atoms with E-state index in [1.54, 1.807) is 6.07 Å². The lowest BCUT2D eigenvalue weighted by Gasteiger charge is -2.24. The van der Waals surface area contributed by atoms with Crippen LogP contribution in [0.15, 0.2) is 24.3 Å². The average molecular weight is 342 g/mol. The molecule has 128 valence electrons. The van der Waals surface area contributed by atoms with Gasteiger partial charge < -0.3 is 5.32 Å². The fourth-order valence-corrected chi connectivity index (χ4v) is 3.84. The van der Waals surface area contributed by atoms with E-state index in [1.165, 1.54) is 24.6 Å². The van der Waals surface area contributed by atoms with E-state index in [0.29, 0.717) is 0 Å². The zero-order chi connectivity index (χ0) is 16.9. The van der Waals surface area contributed by atoms with Crippen molar-refractivity contribution in [1.29, 1.82) is 0 Å². The van der Waals surface area contributed by atoms with Gasteiger partial charge in [-0.1, -0.05) is 31.4 Å². The zero-order valence-corrected chi connectivity index (χ0v) is 14.1. The van der Waals surface area contributed by atoms with E-state index in [2.05, 4.69) is 5.32 Å². The third-order valence-electron chi connectivity index (χ3n) is 4.11. The van der Waals surface area contributed by atoms with Crippen molar-refractivity contribution in [2.75, 3.05) is 23.7 Å². The Morgan fingerprint density at radius 2 is 1.91 bits per heavy atom. The van der Waals surface area contributed by atoms with Crippen LogP contribution in [0.5, 0.6) is 0 Å². The number of benzene rings is 1. The van der Waals surface area contributed by atoms with Gasteiger partial charge in [-0.05, 0) is 25.0 Å². The number of nitrogens with zero attached hydrogens (tertiary/aromatic N) is 1. The average Bonchev–Trinajstić information content (AvgIpc) is 2.52. The minimum atomic E-state index is -3.62. The maximum atomic E-state index is 13.9. The van der Waals surface area contributed by atoms with Crippen LogP contribution in [0.4, 0.5) is 10.1 Å². The summed E-state index contributed by atoms with van der Waals surface area (Å²) in [6.45, 7) is 0.176. The van der Waals surface area contributed by atoms with E-state index in [9.17, 15) is 17.6 Å². The number of sulfonamides is 1. The van der Waals surface area contributed by atoms with E-state index >= 15 is 0 Å². The van der Waals surface area contributed by atoms with Crippen LogP contribution in [0.1, 0.15) is 32.1 Å². The molecule has 1 N–H and O–H groups in total. The number of carbonyl (C=O) groups excluding carboxylic acids is 1. The topological polar surface area (TPSA) is 66.5 Å². The van der Waals surface area contributed by atoms with Crippen molar-refractivity contribution in [3.8, 4) is 0 Å². The Balaban J connectivity index is 1.97. The molecule has 0 saturated heterocycles. The van der Waals surface area contributed by atoms with E-state index < -0.39 is 15.8 Å². The zero-order valence-electron chi connectivity index (χ0n) is 13.3. The van der Waals surface area contributed by atoms with Gasteiger partial charge in [0.15, 0.2) is 0 Å². The van der Waals surface area contributed by atoms with Gasteiger partial charge in [0.25, 0.3) is 0 Å². The maximum absolute atomic E-state index is 13.9. The molecule has 1 aliphatic carbocycles. The third kappa shape index (κ3) is 4.92. The number of halogens is 1. The quantitative estimate of drug-likeness (QED) is 0.862. The highest BCUT2D eigenvalue weighted by Crippen LogP contribution is 2.24. The molecule has 0 bridgehead atoms. The van der Waals surface area contributed by atoms with E-state index in [4.69, 9.17) is 0 Å². The molecule has 0 aliphatic heterocycles. The van der Waals surface area contributed by atoms with E-state index in [-0.39, 0.29) is 30.6 Å². The number of hydrogen-bond donors (Lipinski definition) is 1. The van der Waals surface area contributed by atoms with Crippen molar-refractivity contribution >= 4 is 21.6 Å². The Hall–Kier alpha value is -1.63. The number of carbonyl (C=O) groups is 1. The number of amides is 1. The van der Waals surface area contributed by atoms with E-state index in [1.807, 2.05) is 0 Å². The van der Waals surface area contributed by atoms with Crippen molar-refractivity contribution < 1.29 is 17.6 Å². The van der Waals surface area contributed by atoms with Crippen LogP contribution in [0.2, 0.25) is 0 Å². The lowest BCUT2D eigenvalue weighted by Crippen LogP contribution is -2.40. The van der Waals surface area contributed by atoms with Crippen LogP contribution in [0.25, 0.3) is 0 Å². The van der Waals surface area contributed by atoms with Crippen LogP contribution >= 0.6 is 0 Å². The Morgan fingerprint density at radius 3 is 2.52 bits per heavy atom. The minimum absolute atomic E-state index is 0.00177. The Labute approximate surface area is 136 Å². The fraction of sp³-hybridized carbons (Fsp3) is 0.562. The second-order valence-corrected chi connectivity index (χ2v) is 7.82. The molecule has 0 unspecified atom stereocenters. The smallest absolute Gasteiger partial charge is 0.232 e. The number of anilines is 1. The van der Waals surface area contributed by atoms with Gasteiger partial charge in [0.05, 0.1) is 18.5 Å². The Kier molecular flexibility index (Phi) is 5.98. The summed E-state index contributed by atoms with van der Waals surface area (Å²) in [6.07, 6.45) is 6.08. The van der Waals surface area contributed by atoms with Gasteiger partial charge in [-0.2, -0.15) is 0 Å². The first-order valence-corrected chi connectivity index (χ1v) is 9.74. The summed E-state index contributed by atoms with van der Waals surface area (Å²) in [4.78, 5) is 12.1. The summed E-state index contributed by atoms with van der Waals surface area (Å²) in [7, 11) is -3.62. The number of para-hydroxylation sites is 1. The second-order valence-electron chi connectivity index (χ2n) is 5.91. The van der Waals surface area contributed by atoms with Crippen molar-refractivity contribution in [2.45, 2.75) is 32.1 Å². The predicted molar refractivity (Wildman–Crippen MR) is 88.2 cm³/mol. The molecule has 1 fully saturated rings. The van der Waals surface area contributed by atoms with Gasteiger partial charge in [-0.3, -0.25) is 9.10 Å². The highest BCUT2D eigenvalue weighted by molar-refractivity contribution is 7.92. The van der Waals surface area contributed by atoms with Crippen molar-refractivity contribution in [1.82, 2.24) is 5.32 Å². The third-order valence-corrected chi connectivity index (χ3v) is 5.29. The van der Waals surface area contributed by atoms with E-state index in [0.717, 1.165) is 36.2 Å². The molecule has 1 amide bonds. The number of rotatable bonds is 6. The second kappa shape index (κ2) is 7.77. The van der Waals surface area contributed by atoms with Crippen molar-refractivity contribution in [3.05, 3.63) is 30.1 Å². The molecule has 0 heterocycles. The Morgan fingerprint density at radius 1 is 1.26 bits per heavy atom. The molecule has 1 aromatic rings. The normalized spacial score (nSPS) is 16.1. The molecule has 0 spiro atoms. The lowest BCUT2D eigenvalue weighted by atomic mass is 9.89. The predicted octanol–water partition coefficient (Wildman–Crippen LogP) is 2.29. The SMILES string of the molecule is CS(=O)(=O)N(CCNC(=O)C1CCCCC1)c1ccccc1F.